The molecule has 1 fully saturated rings. The van der Waals surface area contributed by atoms with E-state index in [1.54, 1.807) is 0 Å². The number of hydrogen-bond acceptors (Lipinski definition) is 2. The van der Waals surface area contributed by atoms with Gasteiger partial charge in [-0.25, -0.2) is 13.2 Å². The van der Waals surface area contributed by atoms with Gasteiger partial charge in [0.15, 0.2) is 11.6 Å². The Balaban J connectivity index is 2.08. The van der Waals surface area contributed by atoms with Gasteiger partial charge in [-0.3, -0.25) is 4.79 Å². The largest absolute Gasteiger partial charge is 0.330 e. The number of rotatable bonds is 4. The summed E-state index contributed by atoms with van der Waals surface area (Å²) in [5, 5.41) is 2.20. The van der Waals surface area contributed by atoms with Crippen LogP contribution in [0.2, 0.25) is 0 Å². The van der Waals surface area contributed by atoms with Crippen molar-refractivity contribution in [3.8, 4) is 0 Å². The summed E-state index contributed by atoms with van der Waals surface area (Å²) in [5.41, 5.74) is 4.88. The molecule has 1 aromatic carbocycles. The summed E-state index contributed by atoms with van der Waals surface area (Å²) in [6.45, 7) is 0.370. The number of carbonyl (C=O) groups excluding carboxylic acids is 1. The lowest BCUT2D eigenvalue weighted by atomic mass is 9.71. The van der Waals surface area contributed by atoms with Gasteiger partial charge in [0.05, 0.1) is 0 Å². The number of halogens is 3. The highest BCUT2D eigenvalue weighted by molar-refractivity contribution is 5.91. The molecule has 0 heterocycles. The van der Waals surface area contributed by atoms with Crippen molar-refractivity contribution in [1.82, 2.24) is 0 Å². The molecule has 2 rings (SSSR count). The van der Waals surface area contributed by atoms with E-state index in [4.69, 9.17) is 5.73 Å². The van der Waals surface area contributed by atoms with E-state index >= 15 is 0 Å². The molecule has 0 saturated heterocycles. The molecule has 1 aliphatic carbocycles. The molecule has 0 spiro atoms. The number of nitrogens with two attached hydrogens (primary N) is 1. The molecule has 1 aliphatic rings. The molecule has 0 aliphatic heterocycles. The Bertz CT molecular complexity index is 505. The third kappa shape index (κ3) is 3.75. The van der Waals surface area contributed by atoms with Gasteiger partial charge in [0.25, 0.3) is 0 Å². The lowest BCUT2D eigenvalue weighted by Gasteiger charge is -2.35. The normalized spacial score (nSPS) is 17.5. The van der Waals surface area contributed by atoms with E-state index in [9.17, 15) is 18.0 Å². The fourth-order valence-corrected chi connectivity index (χ4v) is 2.94. The summed E-state index contributed by atoms with van der Waals surface area (Å²) in [4.78, 5) is 12.0. The van der Waals surface area contributed by atoms with Crippen molar-refractivity contribution in [1.29, 1.82) is 0 Å². The molecule has 3 nitrogen and oxygen atoms in total. The summed E-state index contributed by atoms with van der Waals surface area (Å²) in [6, 6.07) is 1.08. The number of anilines is 1. The molecule has 21 heavy (non-hydrogen) atoms. The van der Waals surface area contributed by atoms with Gasteiger partial charge >= 0.3 is 0 Å². The average molecular weight is 300 g/mol. The van der Waals surface area contributed by atoms with Crippen LogP contribution in [-0.4, -0.2) is 12.5 Å². The molecule has 1 aromatic rings. The van der Waals surface area contributed by atoms with Gasteiger partial charge in [0.1, 0.15) is 11.5 Å². The van der Waals surface area contributed by atoms with Crippen LogP contribution in [0.5, 0.6) is 0 Å². The van der Waals surface area contributed by atoms with Gasteiger partial charge in [-0.05, 0) is 24.8 Å². The van der Waals surface area contributed by atoms with Crippen molar-refractivity contribution in [3.63, 3.8) is 0 Å². The highest BCUT2D eigenvalue weighted by Crippen LogP contribution is 2.38. The molecule has 0 bridgehead atoms. The van der Waals surface area contributed by atoms with Crippen molar-refractivity contribution < 1.29 is 18.0 Å². The van der Waals surface area contributed by atoms with Crippen LogP contribution in [-0.2, 0) is 4.79 Å². The van der Waals surface area contributed by atoms with E-state index in [-0.39, 0.29) is 11.8 Å². The van der Waals surface area contributed by atoms with E-state index < -0.39 is 29.0 Å². The Labute approximate surface area is 121 Å². The first kappa shape index (κ1) is 15.8. The molecule has 1 saturated carbocycles. The maximum absolute atomic E-state index is 13.5. The quantitative estimate of drug-likeness (QED) is 0.896. The van der Waals surface area contributed by atoms with Crippen molar-refractivity contribution in [2.24, 2.45) is 11.1 Å². The summed E-state index contributed by atoms with van der Waals surface area (Å²) in [6.07, 6.45) is 4.93. The third-order valence-electron chi connectivity index (χ3n) is 4.15. The first-order chi connectivity index (χ1) is 9.96. The molecule has 116 valence electrons. The van der Waals surface area contributed by atoms with Crippen LogP contribution in [0.15, 0.2) is 12.1 Å². The third-order valence-corrected chi connectivity index (χ3v) is 4.15. The number of hydrogen-bond donors (Lipinski definition) is 2. The minimum Gasteiger partial charge on any atom is -0.330 e. The Morgan fingerprint density at radius 1 is 1.14 bits per heavy atom. The zero-order valence-corrected chi connectivity index (χ0v) is 11.7. The van der Waals surface area contributed by atoms with Crippen LogP contribution < -0.4 is 11.1 Å². The maximum atomic E-state index is 13.5. The highest BCUT2D eigenvalue weighted by atomic mass is 19.1. The van der Waals surface area contributed by atoms with E-state index in [0.717, 1.165) is 32.1 Å². The van der Waals surface area contributed by atoms with Gasteiger partial charge in [-0.2, -0.15) is 0 Å². The van der Waals surface area contributed by atoms with Gasteiger partial charge in [0.2, 0.25) is 5.91 Å². The Morgan fingerprint density at radius 3 is 2.24 bits per heavy atom. The van der Waals surface area contributed by atoms with Crippen LogP contribution >= 0.6 is 0 Å². The number of benzene rings is 1. The zero-order chi connectivity index (χ0) is 15.5. The summed E-state index contributed by atoms with van der Waals surface area (Å²) in [7, 11) is 0. The van der Waals surface area contributed by atoms with Gasteiger partial charge in [-0.1, -0.05) is 19.3 Å². The average Bonchev–Trinajstić information content (AvgIpc) is 2.44. The van der Waals surface area contributed by atoms with Crippen LogP contribution in [0.4, 0.5) is 18.9 Å². The first-order valence-corrected chi connectivity index (χ1v) is 7.10. The Kier molecular flexibility index (Phi) is 4.88. The fourth-order valence-electron chi connectivity index (χ4n) is 2.94. The smallest absolute Gasteiger partial charge is 0.225 e. The molecule has 3 N–H and O–H groups in total. The summed E-state index contributed by atoms with van der Waals surface area (Å²) >= 11 is 0. The predicted octanol–water partition coefficient (Wildman–Crippen LogP) is 3.34. The Hall–Kier alpha value is -1.56. The second kappa shape index (κ2) is 6.47. The lowest BCUT2D eigenvalue weighted by molar-refractivity contribution is -0.118. The lowest BCUT2D eigenvalue weighted by Crippen LogP contribution is -2.36. The van der Waals surface area contributed by atoms with Crippen LogP contribution in [0.3, 0.4) is 0 Å². The minimum absolute atomic E-state index is 0.125. The Morgan fingerprint density at radius 2 is 1.71 bits per heavy atom. The zero-order valence-electron chi connectivity index (χ0n) is 11.7. The van der Waals surface area contributed by atoms with Gasteiger partial charge < -0.3 is 11.1 Å². The molecule has 0 radical (unpaired) electrons. The van der Waals surface area contributed by atoms with E-state index in [1.807, 2.05) is 0 Å². The molecule has 1 amide bonds. The standard InChI is InChI=1S/C15H19F3N2O/c16-10-6-11(17)14(12(18)7-10)20-13(21)8-15(9-19)4-2-1-3-5-15/h6-7H,1-5,8-9,19H2,(H,20,21). The van der Waals surface area contributed by atoms with Crippen molar-refractivity contribution in [2.75, 3.05) is 11.9 Å². The number of carbonyl (C=O) groups is 1. The van der Waals surface area contributed by atoms with Crippen molar-refractivity contribution in [2.45, 2.75) is 38.5 Å². The second-order valence-corrected chi connectivity index (χ2v) is 5.73. The molecule has 0 atom stereocenters. The molecule has 0 aromatic heterocycles. The topological polar surface area (TPSA) is 55.1 Å². The summed E-state index contributed by atoms with van der Waals surface area (Å²) < 4.78 is 39.8. The highest BCUT2D eigenvalue weighted by Gasteiger charge is 2.33. The van der Waals surface area contributed by atoms with E-state index in [2.05, 4.69) is 5.32 Å². The monoisotopic (exact) mass is 300 g/mol. The van der Waals surface area contributed by atoms with Crippen molar-refractivity contribution >= 4 is 11.6 Å². The SMILES string of the molecule is NCC1(CC(=O)Nc2c(F)cc(F)cc2F)CCCCC1. The second-order valence-electron chi connectivity index (χ2n) is 5.73. The maximum Gasteiger partial charge on any atom is 0.225 e. The molecule has 0 unspecified atom stereocenters. The van der Waals surface area contributed by atoms with E-state index in [0.29, 0.717) is 18.7 Å². The number of nitrogens with one attached hydrogen (secondary N) is 1. The number of amides is 1. The minimum atomic E-state index is -1.12. The molecular formula is C15H19F3N2O. The first-order valence-electron chi connectivity index (χ1n) is 7.10. The van der Waals surface area contributed by atoms with Gasteiger partial charge in [-0.15, -0.1) is 0 Å². The van der Waals surface area contributed by atoms with Crippen LogP contribution in [0.25, 0.3) is 0 Å². The molecular weight excluding hydrogens is 281 g/mol. The van der Waals surface area contributed by atoms with E-state index in [1.165, 1.54) is 0 Å². The fraction of sp³-hybridized carbons (Fsp3) is 0.533. The predicted molar refractivity (Wildman–Crippen MR) is 74.1 cm³/mol. The van der Waals surface area contributed by atoms with Crippen LogP contribution in [0.1, 0.15) is 38.5 Å². The molecule has 6 heteroatoms. The van der Waals surface area contributed by atoms with Gasteiger partial charge in [0, 0.05) is 18.6 Å². The van der Waals surface area contributed by atoms with Crippen molar-refractivity contribution in [3.05, 3.63) is 29.6 Å². The summed E-state index contributed by atoms with van der Waals surface area (Å²) in [5.74, 6) is -3.75. The van der Waals surface area contributed by atoms with Crippen LogP contribution in [0, 0.1) is 22.9 Å².